The molecule has 4 heteroatoms. The molecule has 1 saturated heterocycles. The fourth-order valence-corrected chi connectivity index (χ4v) is 4.47. The zero-order valence-corrected chi connectivity index (χ0v) is 14.9. The van der Waals surface area contributed by atoms with Crippen molar-refractivity contribution >= 4 is 11.6 Å². The second-order valence-electron chi connectivity index (χ2n) is 7.82. The van der Waals surface area contributed by atoms with E-state index in [1.54, 1.807) is 0 Å². The number of amides is 1. The fourth-order valence-electron chi connectivity index (χ4n) is 4.47. The molecule has 0 bridgehead atoms. The predicted octanol–water partition coefficient (Wildman–Crippen LogP) is 3.79. The monoisotopic (exact) mass is 347 g/mol. The van der Waals surface area contributed by atoms with Crippen LogP contribution in [0, 0.1) is 5.92 Å². The van der Waals surface area contributed by atoms with Crippen LogP contribution in [0.3, 0.4) is 0 Å². The van der Waals surface area contributed by atoms with Crippen LogP contribution >= 0.6 is 0 Å². The van der Waals surface area contributed by atoms with Crippen LogP contribution in [0.1, 0.15) is 59.3 Å². The topological polar surface area (TPSA) is 53.2 Å². The SMILES string of the molecule is O=C(NC1CC1)c1ccc2c(c1)C1NCCCC1C(c1ccccc1)N2. The van der Waals surface area contributed by atoms with E-state index in [2.05, 4.69) is 58.4 Å². The van der Waals surface area contributed by atoms with E-state index in [1.165, 1.54) is 24.0 Å². The van der Waals surface area contributed by atoms with Crippen molar-refractivity contribution in [3.8, 4) is 0 Å². The summed E-state index contributed by atoms with van der Waals surface area (Å²) < 4.78 is 0. The summed E-state index contributed by atoms with van der Waals surface area (Å²) in [6.07, 6.45) is 4.62. The molecule has 2 heterocycles. The largest absolute Gasteiger partial charge is 0.378 e. The first kappa shape index (κ1) is 15.9. The van der Waals surface area contributed by atoms with Gasteiger partial charge < -0.3 is 16.0 Å². The Labute approximate surface area is 154 Å². The highest BCUT2D eigenvalue weighted by atomic mass is 16.1. The first-order valence-electron chi connectivity index (χ1n) is 9.79. The van der Waals surface area contributed by atoms with Gasteiger partial charge in [0.1, 0.15) is 0 Å². The van der Waals surface area contributed by atoms with Gasteiger partial charge in [-0.15, -0.1) is 0 Å². The average Bonchev–Trinajstić information content (AvgIpc) is 3.51. The highest BCUT2D eigenvalue weighted by Crippen LogP contribution is 2.46. The highest BCUT2D eigenvalue weighted by molar-refractivity contribution is 5.95. The van der Waals surface area contributed by atoms with E-state index < -0.39 is 0 Å². The number of hydrogen-bond donors (Lipinski definition) is 3. The Bertz CT molecular complexity index is 815. The first-order valence-corrected chi connectivity index (χ1v) is 9.79. The van der Waals surface area contributed by atoms with Crippen molar-refractivity contribution in [1.82, 2.24) is 10.6 Å². The Hall–Kier alpha value is -2.33. The number of hydrogen-bond acceptors (Lipinski definition) is 3. The molecule has 1 saturated carbocycles. The van der Waals surface area contributed by atoms with E-state index in [1.807, 2.05) is 6.07 Å². The summed E-state index contributed by atoms with van der Waals surface area (Å²) >= 11 is 0. The predicted molar refractivity (Wildman–Crippen MR) is 103 cm³/mol. The molecular weight excluding hydrogens is 322 g/mol. The normalized spacial score (nSPS) is 27.0. The number of rotatable bonds is 3. The smallest absolute Gasteiger partial charge is 0.251 e. The Morgan fingerprint density at radius 1 is 1.00 bits per heavy atom. The van der Waals surface area contributed by atoms with Crippen LogP contribution in [-0.4, -0.2) is 18.5 Å². The third kappa shape index (κ3) is 2.88. The number of benzene rings is 2. The number of carbonyl (C=O) groups is 1. The Morgan fingerprint density at radius 3 is 2.65 bits per heavy atom. The Kier molecular flexibility index (Phi) is 3.93. The van der Waals surface area contributed by atoms with Crippen LogP contribution in [0.5, 0.6) is 0 Å². The number of fused-ring (bicyclic) bond motifs is 3. The average molecular weight is 347 g/mol. The summed E-state index contributed by atoms with van der Waals surface area (Å²) in [5.41, 5.74) is 4.51. The van der Waals surface area contributed by atoms with Crippen LogP contribution in [0.25, 0.3) is 0 Å². The fraction of sp³-hybridized carbons (Fsp3) is 0.409. The van der Waals surface area contributed by atoms with Gasteiger partial charge in [-0.05, 0) is 61.6 Å². The van der Waals surface area contributed by atoms with Gasteiger partial charge in [0.15, 0.2) is 0 Å². The molecule has 0 spiro atoms. The summed E-state index contributed by atoms with van der Waals surface area (Å²) in [5, 5.41) is 10.6. The Balaban J connectivity index is 1.50. The molecule has 2 aliphatic heterocycles. The summed E-state index contributed by atoms with van der Waals surface area (Å²) in [6, 6.07) is 17.9. The van der Waals surface area contributed by atoms with Crippen molar-refractivity contribution in [1.29, 1.82) is 0 Å². The zero-order valence-electron chi connectivity index (χ0n) is 14.9. The molecule has 3 unspecified atom stereocenters. The van der Waals surface area contributed by atoms with Gasteiger partial charge in [-0.3, -0.25) is 4.79 Å². The van der Waals surface area contributed by atoms with Gasteiger partial charge in [-0.1, -0.05) is 30.3 Å². The minimum absolute atomic E-state index is 0.0628. The van der Waals surface area contributed by atoms with E-state index in [0.717, 1.165) is 30.6 Å². The minimum atomic E-state index is 0.0628. The van der Waals surface area contributed by atoms with E-state index in [9.17, 15) is 4.79 Å². The van der Waals surface area contributed by atoms with Crippen LogP contribution < -0.4 is 16.0 Å². The van der Waals surface area contributed by atoms with Crippen LogP contribution in [0.15, 0.2) is 48.5 Å². The van der Waals surface area contributed by atoms with Gasteiger partial charge in [0.2, 0.25) is 0 Å². The Morgan fingerprint density at radius 2 is 1.85 bits per heavy atom. The maximum absolute atomic E-state index is 12.5. The number of nitrogens with one attached hydrogen (secondary N) is 3. The second kappa shape index (κ2) is 6.44. The maximum Gasteiger partial charge on any atom is 0.251 e. The lowest BCUT2D eigenvalue weighted by Crippen LogP contribution is -2.42. The molecule has 4 nitrogen and oxygen atoms in total. The number of anilines is 1. The van der Waals surface area contributed by atoms with Gasteiger partial charge in [-0.25, -0.2) is 0 Å². The van der Waals surface area contributed by atoms with Crippen molar-refractivity contribution in [3.63, 3.8) is 0 Å². The summed E-state index contributed by atoms with van der Waals surface area (Å²) in [7, 11) is 0. The molecule has 2 fully saturated rings. The summed E-state index contributed by atoms with van der Waals surface area (Å²) in [5.74, 6) is 0.563. The second-order valence-corrected chi connectivity index (χ2v) is 7.82. The van der Waals surface area contributed by atoms with Gasteiger partial charge in [-0.2, -0.15) is 0 Å². The summed E-state index contributed by atoms with van der Waals surface area (Å²) in [4.78, 5) is 12.5. The molecule has 5 rings (SSSR count). The highest BCUT2D eigenvalue weighted by Gasteiger charge is 2.39. The standard InChI is InChI=1S/C22H25N3O/c26-22(24-16-9-10-16)15-8-11-19-18(13-15)21-17(7-4-12-23-21)20(25-19)14-5-2-1-3-6-14/h1-3,5-6,8,11,13,16-17,20-21,23,25H,4,7,9-10,12H2,(H,24,26). The van der Waals surface area contributed by atoms with Crippen LogP contribution in [0.4, 0.5) is 5.69 Å². The first-order chi connectivity index (χ1) is 12.8. The van der Waals surface area contributed by atoms with Gasteiger partial charge in [0, 0.05) is 29.3 Å². The van der Waals surface area contributed by atoms with E-state index in [0.29, 0.717) is 24.0 Å². The van der Waals surface area contributed by atoms with Crippen LogP contribution in [0.2, 0.25) is 0 Å². The molecule has 2 aromatic rings. The van der Waals surface area contributed by atoms with E-state index in [-0.39, 0.29) is 5.91 Å². The van der Waals surface area contributed by atoms with Gasteiger partial charge in [0.05, 0.1) is 6.04 Å². The molecule has 3 atom stereocenters. The van der Waals surface area contributed by atoms with Crippen molar-refractivity contribution < 1.29 is 4.79 Å². The third-order valence-corrected chi connectivity index (χ3v) is 5.97. The zero-order chi connectivity index (χ0) is 17.5. The molecule has 1 amide bonds. The lowest BCUT2D eigenvalue weighted by atomic mass is 9.75. The van der Waals surface area contributed by atoms with Crippen molar-refractivity contribution in [2.75, 3.05) is 11.9 Å². The molecular formula is C22H25N3O. The van der Waals surface area contributed by atoms with E-state index >= 15 is 0 Å². The lowest BCUT2D eigenvalue weighted by Gasteiger charge is -2.44. The molecule has 1 aliphatic carbocycles. The molecule has 2 aromatic carbocycles. The maximum atomic E-state index is 12.5. The molecule has 3 aliphatic rings. The third-order valence-electron chi connectivity index (χ3n) is 5.97. The van der Waals surface area contributed by atoms with Crippen LogP contribution in [-0.2, 0) is 0 Å². The summed E-state index contributed by atoms with van der Waals surface area (Å²) in [6.45, 7) is 1.04. The minimum Gasteiger partial charge on any atom is -0.378 e. The van der Waals surface area contributed by atoms with E-state index in [4.69, 9.17) is 0 Å². The number of piperidine rings is 1. The lowest BCUT2D eigenvalue weighted by molar-refractivity contribution is 0.0951. The quantitative estimate of drug-likeness (QED) is 0.792. The van der Waals surface area contributed by atoms with Gasteiger partial charge >= 0.3 is 0 Å². The van der Waals surface area contributed by atoms with Crippen molar-refractivity contribution in [2.24, 2.45) is 5.92 Å². The molecule has 3 N–H and O–H groups in total. The van der Waals surface area contributed by atoms with Crippen molar-refractivity contribution in [2.45, 2.75) is 43.8 Å². The molecule has 0 radical (unpaired) electrons. The molecule has 26 heavy (non-hydrogen) atoms. The van der Waals surface area contributed by atoms with Gasteiger partial charge in [0.25, 0.3) is 5.91 Å². The molecule has 134 valence electrons. The molecule has 0 aromatic heterocycles. The van der Waals surface area contributed by atoms with Crippen molar-refractivity contribution in [3.05, 3.63) is 65.2 Å². The number of carbonyl (C=O) groups excluding carboxylic acids is 1.